The maximum atomic E-state index is 13.0. The van der Waals surface area contributed by atoms with Crippen molar-refractivity contribution in [3.8, 4) is 0 Å². The van der Waals surface area contributed by atoms with Gasteiger partial charge >= 0.3 is 5.97 Å². The zero-order valence-electron chi connectivity index (χ0n) is 12.8. The van der Waals surface area contributed by atoms with Gasteiger partial charge in [0, 0.05) is 4.47 Å². The predicted octanol–water partition coefficient (Wildman–Crippen LogP) is 3.86. The maximum absolute atomic E-state index is 13.0. The minimum absolute atomic E-state index is 0.0632. The molecule has 0 heterocycles. The number of sulfonamides is 1. The summed E-state index contributed by atoms with van der Waals surface area (Å²) in [6.45, 7) is 1.35. The molecule has 0 aliphatic heterocycles. The number of rotatable bonds is 6. The summed E-state index contributed by atoms with van der Waals surface area (Å²) in [6.07, 6.45) is 0. The highest BCUT2D eigenvalue weighted by Crippen LogP contribution is 2.32. The fourth-order valence-electron chi connectivity index (χ4n) is 2.03. The van der Waals surface area contributed by atoms with Gasteiger partial charge in [0.05, 0.1) is 22.2 Å². The lowest BCUT2D eigenvalue weighted by molar-refractivity contribution is -0.141. The molecule has 0 unspecified atom stereocenters. The van der Waals surface area contributed by atoms with Crippen molar-refractivity contribution in [1.29, 1.82) is 0 Å². The third-order valence-electron chi connectivity index (χ3n) is 3.09. The van der Waals surface area contributed by atoms with Gasteiger partial charge in [-0.05, 0) is 37.3 Å². The molecule has 0 bridgehead atoms. The summed E-state index contributed by atoms with van der Waals surface area (Å²) in [4.78, 5) is 12.0. The second kappa shape index (κ2) is 8.00. The molecule has 0 amide bonds. The highest BCUT2D eigenvalue weighted by atomic mass is 79.9. The number of esters is 1. The topological polar surface area (TPSA) is 63.7 Å². The van der Waals surface area contributed by atoms with Crippen LogP contribution in [0.5, 0.6) is 0 Å². The molecule has 8 heteroatoms. The number of ether oxygens (including phenoxy) is 1. The van der Waals surface area contributed by atoms with E-state index in [4.69, 9.17) is 16.3 Å². The van der Waals surface area contributed by atoms with Crippen molar-refractivity contribution in [3.63, 3.8) is 0 Å². The quantitative estimate of drug-likeness (QED) is 0.650. The van der Waals surface area contributed by atoms with Crippen molar-refractivity contribution < 1.29 is 17.9 Å². The first-order valence-electron chi connectivity index (χ1n) is 7.04. The summed E-state index contributed by atoms with van der Waals surface area (Å²) in [6, 6.07) is 12.6. The summed E-state index contributed by atoms with van der Waals surface area (Å²) in [7, 11) is -3.97. The van der Waals surface area contributed by atoms with Gasteiger partial charge in [-0.1, -0.05) is 45.7 Å². The molecule has 0 N–H and O–H groups in total. The summed E-state index contributed by atoms with van der Waals surface area (Å²) >= 11 is 9.46. The maximum Gasteiger partial charge on any atom is 0.326 e. The van der Waals surface area contributed by atoms with Gasteiger partial charge in [-0.25, -0.2) is 8.42 Å². The molecule has 0 aliphatic carbocycles. The SMILES string of the molecule is CCOC(=O)CN(c1ccc(Br)cc1Cl)S(=O)(=O)c1ccccc1. The molecule has 0 fully saturated rings. The van der Waals surface area contributed by atoms with Gasteiger partial charge in [0.15, 0.2) is 0 Å². The number of hydrogen-bond donors (Lipinski definition) is 0. The van der Waals surface area contributed by atoms with Crippen molar-refractivity contribution in [3.05, 3.63) is 58.0 Å². The molecule has 2 rings (SSSR count). The molecule has 0 spiro atoms. The van der Waals surface area contributed by atoms with Crippen LogP contribution in [0.2, 0.25) is 5.02 Å². The Morgan fingerprint density at radius 3 is 2.46 bits per heavy atom. The Hall–Kier alpha value is -1.57. The van der Waals surface area contributed by atoms with Crippen molar-refractivity contribution in [1.82, 2.24) is 0 Å². The Bertz CT molecular complexity index is 827. The fraction of sp³-hybridized carbons (Fsp3) is 0.188. The Kier molecular flexibility index (Phi) is 6.26. The second-order valence-corrected chi connectivity index (χ2v) is 7.91. The molecule has 128 valence electrons. The van der Waals surface area contributed by atoms with Crippen LogP contribution in [0.25, 0.3) is 0 Å². The van der Waals surface area contributed by atoms with E-state index in [1.165, 1.54) is 18.2 Å². The van der Waals surface area contributed by atoms with E-state index in [1.807, 2.05) is 0 Å². The van der Waals surface area contributed by atoms with Gasteiger partial charge in [0.2, 0.25) is 0 Å². The molecule has 0 saturated carbocycles. The molecule has 0 aromatic heterocycles. The molecule has 0 aliphatic rings. The van der Waals surface area contributed by atoms with Gasteiger partial charge in [-0.15, -0.1) is 0 Å². The van der Waals surface area contributed by atoms with Crippen molar-refractivity contribution in [2.24, 2.45) is 0 Å². The van der Waals surface area contributed by atoms with E-state index >= 15 is 0 Å². The van der Waals surface area contributed by atoms with Crippen molar-refractivity contribution in [2.45, 2.75) is 11.8 Å². The lowest BCUT2D eigenvalue weighted by Crippen LogP contribution is -2.36. The minimum atomic E-state index is -3.97. The van der Waals surface area contributed by atoms with Crippen LogP contribution in [-0.2, 0) is 19.6 Å². The molecule has 0 radical (unpaired) electrons. The van der Waals surface area contributed by atoms with Crippen LogP contribution in [0.15, 0.2) is 57.9 Å². The van der Waals surface area contributed by atoms with Gasteiger partial charge in [-0.2, -0.15) is 0 Å². The first-order valence-corrected chi connectivity index (χ1v) is 9.66. The highest BCUT2D eigenvalue weighted by molar-refractivity contribution is 9.10. The Morgan fingerprint density at radius 2 is 1.88 bits per heavy atom. The smallest absolute Gasteiger partial charge is 0.326 e. The molecule has 0 saturated heterocycles. The molecular weight excluding hydrogens is 418 g/mol. The van der Waals surface area contributed by atoms with E-state index in [1.54, 1.807) is 37.3 Å². The monoisotopic (exact) mass is 431 g/mol. The number of hydrogen-bond acceptors (Lipinski definition) is 4. The van der Waals surface area contributed by atoms with Gasteiger partial charge in [0.25, 0.3) is 10.0 Å². The van der Waals surface area contributed by atoms with Crippen LogP contribution in [0.3, 0.4) is 0 Å². The normalized spacial score (nSPS) is 11.1. The third kappa shape index (κ3) is 4.28. The molecule has 2 aromatic carbocycles. The number of nitrogens with zero attached hydrogens (tertiary/aromatic N) is 1. The van der Waals surface area contributed by atoms with Crippen LogP contribution < -0.4 is 4.31 Å². The molecule has 5 nitrogen and oxygen atoms in total. The van der Waals surface area contributed by atoms with Gasteiger partial charge < -0.3 is 4.74 Å². The molecular formula is C16H15BrClNO4S. The van der Waals surface area contributed by atoms with Crippen molar-refractivity contribution in [2.75, 3.05) is 17.5 Å². The summed E-state index contributed by atoms with van der Waals surface area (Å²) in [5, 5.41) is 0.202. The zero-order valence-corrected chi connectivity index (χ0v) is 15.9. The highest BCUT2D eigenvalue weighted by Gasteiger charge is 2.29. The zero-order chi connectivity index (χ0) is 17.7. The lowest BCUT2D eigenvalue weighted by atomic mass is 10.3. The van der Waals surface area contributed by atoms with E-state index in [0.29, 0.717) is 4.47 Å². The minimum Gasteiger partial charge on any atom is -0.465 e. The van der Waals surface area contributed by atoms with Crippen LogP contribution in [-0.4, -0.2) is 27.5 Å². The van der Waals surface area contributed by atoms with E-state index in [9.17, 15) is 13.2 Å². The number of halogens is 2. The average molecular weight is 433 g/mol. The summed E-state index contributed by atoms with van der Waals surface area (Å²) < 4.78 is 32.5. The first kappa shape index (κ1) is 18.8. The fourth-order valence-corrected chi connectivity index (χ4v) is 4.30. The molecule has 2 aromatic rings. The Morgan fingerprint density at radius 1 is 1.21 bits per heavy atom. The van der Waals surface area contributed by atoms with E-state index in [2.05, 4.69) is 15.9 Å². The van der Waals surface area contributed by atoms with E-state index < -0.39 is 22.5 Å². The number of carbonyl (C=O) groups is 1. The Balaban J connectivity index is 2.52. The van der Waals surface area contributed by atoms with Gasteiger partial charge in [-0.3, -0.25) is 9.10 Å². The lowest BCUT2D eigenvalue weighted by Gasteiger charge is -2.24. The van der Waals surface area contributed by atoms with E-state index in [-0.39, 0.29) is 22.2 Å². The van der Waals surface area contributed by atoms with Crippen molar-refractivity contribution >= 4 is 49.2 Å². The largest absolute Gasteiger partial charge is 0.465 e. The van der Waals surface area contributed by atoms with Crippen LogP contribution in [0, 0.1) is 0 Å². The van der Waals surface area contributed by atoms with Crippen LogP contribution >= 0.6 is 27.5 Å². The van der Waals surface area contributed by atoms with Crippen LogP contribution in [0.1, 0.15) is 6.92 Å². The Labute approximate surface area is 154 Å². The standard InChI is InChI=1S/C16H15BrClNO4S/c1-2-23-16(20)11-19(15-9-8-12(17)10-14(15)18)24(21,22)13-6-4-3-5-7-13/h3-10H,2,11H2,1H3. The predicted molar refractivity (Wildman–Crippen MR) is 96.8 cm³/mol. The summed E-state index contributed by atoms with van der Waals surface area (Å²) in [5.41, 5.74) is 0.205. The second-order valence-electron chi connectivity index (χ2n) is 4.73. The van der Waals surface area contributed by atoms with Gasteiger partial charge in [0.1, 0.15) is 6.54 Å². The van der Waals surface area contributed by atoms with Crippen LogP contribution in [0.4, 0.5) is 5.69 Å². The first-order chi connectivity index (χ1) is 11.4. The molecule has 0 atom stereocenters. The van der Waals surface area contributed by atoms with E-state index in [0.717, 1.165) is 4.31 Å². The number of benzene rings is 2. The third-order valence-corrected chi connectivity index (χ3v) is 5.66. The number of carbonyl (C=O) groups excluding carboxylic acids is 1. The molecule has 24 heavy (non-hydrogen) atoms. The number of anilines is 1. The average Bonchev–Trinajstić information content (AvgIpc) is 2.54. The summed E-state index contributed by atoms with van der Waals surface area (Å²) in [5.74, 6) is -0.656.